The molecule has 3 N–H and O–H groups in total. The van der Waals surface area contributed by atoms with Crippen LogP contribution in [-0.2, 0) is 0 Å². The van der Waals surface area contributed by atoms with Gasteiger partial charge in [0.25, 0.3) is 0 Å². The number of thioether (sulfide) groups is 1. The third-order valence-electron chi connectivity index (χ3n) is 3.60. The van der Waals surface area contributed by atoms with Gasteiger partial charge in [-0.1, -0.05) is 42.1 Å². The van der Waals surface area contributed by atoms with Gasteiger partial charge in [-0.25, -0.2) is 9.88 Å². The van der Waals surface area contributed by atoms with Crippen molar-refractivity contribution < 1.29 is 10.4 Å². The molecule has 1 aromatic heterocycles. The normalized spacial score (nSPS) is 17.6. The summed E-state index contributed by atoms with van der Waals surface area (Å²) in [6, 6.07) is 16.7. The summed E-state index contributed by atoms with van der Waals surface area (Å²) in [6.45, 7) is 0. The summed E-state index contributed by atoms with van der Waals surface area (Å²) < 4.78 is 1.87. The zero-order chi connectivity index (χ0) is 15.8. The minimum Gasteiger partial charge on any atom is -0.595 e. The Labute approximate surface area is 136 Å². The molecule has 1 aliphatic rings. The van der Waals surface area contributed by atoms with Gasteiger partial charge in [0.1, 0.15) is 5.37 Å². The molecule has 2 aromatic carbocycles. The van der Waals surface area contributed by atoms with Gasteiger partial charge in [-0.3, -0.25) is 0 Å². The van der Waals surface area contributed by atoms with Crippen molar-refractivity contribution in [3.05, 3.63) is 65.4 Å². The highest BCUT2D eigenvalue weighted by Gasteiger charge is 2.28. The van der Waals surface area contributed by atoms with Crippen molar-refractivity contribution in [3.8, 4) is 11.4 Å². The molecule has 1 unspecified atom stereocenters. The lowest BCUT2D eigenvalue weighted by molar-refractivity contribution is -0.991. The molecule has 23 heavy (non-hydrogen) atoms. The second-order valence-corrected chi connectivity index (χ2v) is 6.13. The van der Waals surface area contributed by atoms with E-state index in [1.54, 1.807) is 23.9 Å². The molecule has 0 spiro atoms. The molecule has 3 aromatic rings. The first-order valence-electron chi connectivity index (χ1n) is 6.99. The highest BCUT2D eigenvalue weighted by Crippen LogP contribution is 2.40. The molecule has 2 heterocycles. The molecule has 0 saturated carbocycles. The van der Waals surface area contributed by atoms with Gasteiger partial charge < -0.3 is 10.6 Å². The zero-order valence-corrected chi connectivity index (χ0v) is 12.7. The zero-order valence-electron chi connectivity index (χ0n) is 11.9. The predicted molar refractivity (Wildman–Crippen MR) is 85.6 cm³/mol. The Morgan fingerprint density at radius 3 is 2.52 bits per heavy atom. The lowest BCUT2D eigenvalue weighted by Gasteiger charge is -2.14. The summed E-state index contributed by atoms with van der Waals surface area (Å²) in [5.74, 6) is 0.762. The van der Waals surface area contributed by atoms with Crippen LogP contribution in [0.1, 0.15) is 10.9 Å². The Hall–Kier alpha value is -2.39. The third kappa shape index (κ3) is 2.57. The van der Waals surface area contributed by atoms with Crippen LogP contribution in [-0.4, -0.2) is 20.1 Å². The standard InChI is InChI=1S/C15H13N5O2S/c21-20(22)12-8-6-11(7-9-12)14-18-19-13(16-17-15(19)23-14)10-4-2-1-3-5-10/h1-9,14,18,20-21H/t14-/m1/s1. The van der Waals surface area contributed by atoms with E-state index in [4.69, 9.17) is 5.21 Å². The number of fused-ring (bicyclic) bond motifs is 1. The minimum atomic E-state index is -0.924. The topological polar surface area (TPSA) is 90.5 Å². The van der Waals surface area contributed by atoms with Gasteiger partial charge in [0.15, 0.2) is 11.5 Å². The number of quaternary nitrogens is 1. The van der Waals surface area contributed by atoms with E-state index in [1.165, 1.54) is 0 Å². The molecule has 0 aliphatic carbocycles. The smallest absolute Gasteiger partial charge is 0.212 e. The van der Waals surface area contributed by atoms with Crippen LogP contribution in [0.4, 0.5) is 5.69 Å². The Bertz CT molecular complexity index is 820. The van der Waals surface area contributed by atoms with Crippen LogP contribution in [0.25, 0.3) is 11.4 Å². The number of benzene rings is 2. The SMILES string of the molecule is [O-][NH+](O)c1ccc([C@@H]2Nn3c(nnc3-c3ccccc3)S2)cc1. The van der Waals surface area contributed by atoms with Gasteiger partial charge in [-0.2, -0.15) is 5.23 Å². The summed E-state index contributed by atoms with van der Waals surface area (Å²) in [7, 11) is 0. The maximum atomic E-state index is 10.9. The van der Waals surface area contributed by atoms with Crippen LogP contribution in [0, 0.1) is 5.21 Å². The minimum absolute atomic E-state index is 0.0224. The van der Waals surface area contributed by atoms with E-state index >= 15 is 0 Å². The Morgan fingerprint density at radius 1 is 1.09 bits per heavy atom. The molecule has 0 radical (unpaired) electrons. The first kappa shape index (κ1) is 14.2. The van der Waals surface area contributed by atoms with Crippen LogP contribution in [0.5, 0.6) is 0 Å². The maximum Gasteiger partial charge on any atom is 0.212 e. The van der Waals surface area contributed by atoms with E-state index in [0.29, 0.717) is 0 Å². The van der Waals surface area contributed by atoms with Crippen molar-refractivity contribution in [1.82, 2.24) is 14.9 Å². The van der Waals surface area contributed by atoms with Crippen LogP contribution in [0.3, 0.4) is 0 Å². The summed E-state index contributed by atoms with van der Waals surface area (Å²) in [6.07, 6.45) is 0. The number of aromatic nitrogens is 3. The Balaban J connectivity index is 1.60. The predicted octanol–water partition coefficient (Wildman–Crippen LogP) is 1.70. The molecule has 0 bridgehead atoms. The Kier molecular flexibility index (Phi) is 3.50. The van der Waals surface area contributed by atoms with Crippen molar-refractivity contribution in [2.45, 2.75) is 10.5 Å². The molecular formula is C15H13N5O2S. The highest BCUT2D eigenvalue weighted by atomic mass is 32.2. The van der Waals surface area contributed by atoms with E-state index in [2.05, 4.69) is 15.6 Å². The van der Waals surface area contributed by atoms with Gasteiger partial charge in [-0.15, -0.1) is 10.2 Å². The van der Waals surface area contributed by atoms with Crippen molar-refractivity contribution in [2.24, 2.45) is 0 Å². The van der Waals surface area contributed by atoms with Gasteiger partial charge in [0, 0.05) is 17.7 Å². The van der Waals surface area contributed by atoms with Crippen molar-refractivity contribution in [2.75, 3.05) is 5.43 Å². The monoisotopic (exact) mass is 327 g/mol. The van der Waals surface area contributed by atoms with E-state index < -0.39 is 5.23 Å². The summed E-state index contributed by atoms with van der Waals surface area (Å²) in [5.41, 5.74) is 5.61. The number of rotatable bonds is 3. The fourth-order valence-corrected chi connectivity index (χ4v) is 3.42. The lowest BCUT2D eigenvalue weighted by atomic mass is 10.2. The Morgan fingerprint density at radius 2 is 1.83 bits per heavy atom. The molecule has 0 saturated heterocycles. The molecule has 0 fully saturated rings. The molecule has 1 aliphatic heterocycles. The molecule has 7 nitrogen and oxygen atoms in total. The second-order valence-electron chi connectivity index (χ2n) is 5.06. The second kappa shape index (κ2) is 5.67. The van der Waals surface area contributed by atoms with Crippen LogP contribution >= 0.6 is 11.8 Å². The molecule has 8 heteroatoms. The lowest BCUT2D eigenvalue weighted by Crippen LogP contribution is -2.99. The van der Waals surface area contributed by atoms with Gasteiger partial charge >= 0.3 is 0 Å². The highest BCUT2D eigenvalue weighted by molar-refractivity contribution is 7.99. The van der Waals surface area contributed by atoms with E-state index in [-0.39, 0.29) is 11.1 Å². The van der Waals surface area contributed by atoms with E-state index in [9.17, 15) is 5.21 Å². The van der Waals surface area contributed by atoms with Gasteiger partial charge in [-0.05, 0) is 17.7 Å². The van der Waals surface area contributed by atoms with Crippen LogP contribution < -0.4 is 10.7 Å². The van der Waals surface area contributed by atoms with Crippen molar-refractivity contribution >= 4 is 17.4 Å². The number of hydrogen-bond acceptors (Lipinski definition) is 6. The fraction of sp³-hybridized carbons (Fsp3) is 0.0667. The third-order valence-corrected chi connectivity index (χ3v) is 4.68. The summed E-state index contributed by atoms with van der Waals surface area (Å²) in [4.78, 5) is 0. The van der Waals surface area contributed by atoms with E-state index in [1.807, 2.05) is 47.1 Å². The fourth-order valence-electron chi connectivity index (χ4n) is 2.43. The quantitative estimate of drug-likeness (QED) is 0.634. The summed E-state index contributed by atoms with van der Waals surface area (Å²) in [5, 5.41) is 28.2. The van der Waals surface area contributed by atoms with Crippen molar-refractivity contribution in [1.29, 1.82) is 0 Å². The molecule has 116 valence electrons. The van der Waals surface area contributed by atoms with Crippen molar-refractivity contribution in [3.63, 3.8) is 0 Å². The number of nitrogens with zero attached hydrogens (tertiary/aromatic N) is 3. The average Bonchev–Trinajstić information content (AvgIpc) is 3.16. The van der Waals surface area contributed by atoms with Crippen LogP contribution in [0.2, 0.25) is 0 Å². The molecule has 4 rings (SSSR count). The van der Waals surface area contributed by atoms with E-state index in [0.717, 1.165) is 22.1 Å². The number of hydrogen-bond donors (Lipinski definition) is 3. The molecular weight excluding hydrogens is 314 g/mol. The average molecular weight is 327 g/mol. The summed E-state index contributed by atoms with van der Waals surface area (Å²) >= 11 is 1.55. The van der Waals surface area contributed by atoms with Gasteiger partial charge in [0.2, 0.25) is 5.16 Å². The molecule has 2 atom stereocenters. The largest absolute Gasteiger partial charge is 0.595 e. The van der Waals surface area contributed by atoms with Gasteiger partial charge in [0.05, 0.1) is 0 Å². The number of nitrogens with one attached hydrogen (secondary N) is 2. The van der Waals surface area contributed by atoms with Crippen LogP contribution in [0.15, 0.2) is 59.8 Å². The first-order chi connectivity index (χ1) is 11.2. The maximum absolute atomic E-state index is 10.9. The molecule has 0 amide bonds. The first-order valence-corrected chi connectivity index (χ1v) is 7.87.